The van der Waals surface area contributed by atoms with Gasteiger partial charge in [0, 0.05) is 13.0 Å². The lowest BCUT2D eigenvalue weighted by Crippen LogP contribution is -2.11. The van der Waals surface area contributed by atoms with E-state index in [1.807, 2.05) is 38.1 Å². The fraction of sp³-hybridized carbons (Fsp3) is 0.357. The first-order chi connectivity index (χ1) is 8.06. The minimum Gasteiger partial charge on any atom is -0.396 e. The fourth-order valence-corrected chi connectivity index (χ4v) is 1.97. The van der Waals surface area contributed by atoms with Crippen molar-refractivity contribution >= 4 is 11.5 Å². The topological polar surface area (TPSA) is 63.3 Å². The van der Waals surface area contributed by atoms with Crippen molar-refractivity contribution in [3.8, 4) is 0 Å². The molecule has 0 saturated heterocycles. The Morgan fingerprint density at radius 1 is 1.35 bits per heavy atom. The lowest BCUT2D eigenvalue weighted by atomic mass is 9.93. The molecule has 1 amide bonds. The Hall–Kier alpha value is -1.61. The highest BCUT2D eigenvalue weighted by molar-refractivity contribution is 5.81. The number of nitrogens with two attached hydrogens (primary N) is 1. The van der Waals surface area contributed by atoms with E-state index in [2.05, 4.69) is 0 Å². The van der Waals surface area contributed by atoms with E-state index >= 15 is 0 Å². The molecule has 1 aromatic carbocycles. The third-order valence-corrected chi connectivity index (χ3v) is 2.79. The van der Waals surface area contributed by atoms with Gasteiger partial charge in [-0.1, -0.05) is 29.8 Å². The van der Waals surface area contributed by atoms with E-state index in [0.717, 1.165) is 22.3 Å². The van der Waals surface area contributed by atoms with E-state index in [0.29, 0.717) is 6.42 Å². The summed E-state index contributed by atoms with van der Waals surface area (Å²) >= 11 is 0. The average Bonchev–Trinajstić information content (AvgIpc) is 2.26. The van der Waals surface area contributed by atoms with Crippen LogP contribution in [0, 0.1) is 6.92 Å². The Labute approximate surface area is 102 Å². The van der Waals surface area contributed by atoms with Crippen molar-refractivity contribution in [3.05, 3.63) is 41.0 Å². The molecule has 3 heteroatoms. The van der Waals surface area contributed by atoms with E-state index in [-0.39, 0.29) is 18.9 Å². The Kier molecular flexibility index (Phi) is 4.91. The number of rotatable bonds is 5. The Balaban J connectivity index is 3.17. The molecule has 0 spiro atoms. The Morgan fingerprint density at radius 3 is 2.53 bits per heavy atom. The van der Waals surface area contributed by atoms with Gasteiger partial charge >= 0.3 is 0 Å². The van der Waals surface area contributed by atoms with Gasteiger partial charge in [-0.2, -0.15) is 0 Å². The van der Waals surface area contributed by atoms with Crippen LogP contribution in [0.1, 0.15) is 30.9 Å². The van der Waals surface area contributed by atoms with Crippen molar-refractivity contribution < 1.29 is 9.90 Å². The zero-order chi connectivity index (χ0) is 12.8. The third-order valence-electron chi connectivity index (χ3n) is 2.79. The largest absolute Gasteiger partial charge is 0.396 e. The molecule has 0 unspecified atom stereocenters. The van der Waals surface area contributed by atoms with Crippen molar-refractivity contribution in [1.82, 2.24) is 0 Å². The van der Waals surface area contributed by atoms with Crippen LogP contribution in [0.5, 0.6) is 0 Å². The predicted octanol–water partition coefficient (Wildman–Crippen LogP) is 2.03. The second-order valence-corrected chi connectivity index (χ2v) is 4.19. The van der Waals surface area contributed by atoms with Gasteiger partial charge in [0.1, 0.15) is 0 Å². The van der Waals surface area contributed by atoms with Gasteiger partial charge in [-0.05, 0) is 37.0 Å². The first-order valence-electron chi connectivity index (χ1n) is 5.70. The summed E-state index contributed by atoms with van der Waals surface area (Å²) < 4.78 is 0. The maximum Gasteiger partial charge on any atom is 0.221 e. The Bertz CT molecular complexity index is 436. The quantitative estimate of drug-likeness (QED) is 0.817. The average molecular weight is 233 g/mol. The van der Waals surface area contributed by atoms with Gasteiger partial charge in [-0.25, -0.2) is 0 Å². The smallest absolute Gasteiger partial charge is 0.221 e. The SMILES string of the molecule is C/C(CC(N)=O)=C(/CCO)c1ccccc1C. The van der Waals surface area contributed by atoms with Gasteiger partial charge in [-0.15, -0.1) is 0 Å². The summed E-state index contributed by atoms with van der Waals surface area (Å²) in [5.74, 6) is -0.341. The predicted molar refractivity (Wildman–Crippen MR) is 69.3 cm³/mol. The highest BCUT2D eigenvalue weighted by atomic mass is 16.3. The highest BCUT2D eigenvalue weighted by Gasteiger charge is 2.09. The van der Waals surface area contributed by atoms with Crippen molar-refractivity contribution in [2.75, 3.05) is 6.61 Å². The summed E-state index contributed by atoms with van der Waals surface area (Å²) in [4.78, 5) is 11.0. The summed E-state index contributed by atoms with van der Waals surface area (Å²) in [6.07, 6.45) is 0.785. The number of hydrogen-bond donors (Lipinski definition) is 2. The second-order valence-electron chi connectivity index (χ2n) is 4.19. The summed E-state index contributed by atoms with van der Waals surface area (Å²) in [7, 11) is 0. The van der Waals surface area contributed by atoms with Crippen LogP contribution in [0.4, 0.5) is 0 Å². The maximum atomic E-state index is 11.0. The molecule has 1 aromatic rings. The third kappa shape index (κ3) is 3.71. The van der Waals surface area contributed by atoms with Crippen LogP contribution in [0.2, 0.25) is 0 Å². The first-order valence-corrected chi connectivity index (χ1v) is 5.70. The first kappa shape index (κ1) is 13.5. The van der Waals surface area contributed by atoms with E-state index in [9.17, 15) is 4.79 Å². The van der Waals surface area contributed by atoms with Crippen molar-refractivity contribution in [2.24, 2.45) is 5.73 Å². The lowest BCUT2D eigenvalue weighted by Gasteiger charge is -2.13. The van der Waals surface area contributed by atoms with Crippen molar-refractivity contribution in [3.63, 3.8) is 0 Å². The van der Waals surface area contributed by atoms with Crippen molar-refractivity contribution in [1.29, 1.82) is 0 Å². The minimum absolute atomic E-state index is 0.0692. The Morgan fingerprint density at radius 2 is 2.00 bits per heavy atom. The number of amides is 1. The molecular formula is C14H19NO2. The number of carbonyl (C=O) groups excluding carboxylic acids is 1. The van der Waals surface area contributed by atoms with Crippen LogP contribution < -0.4 is 5.73 Å². The van der Waals surface area contributed by atoms with Crippen LogP contribution in [0.15, 0.2) is 29.8 Å². The molecule has 0 aliphatic carbocycles. The molecule has 92 valence electrons. The van der Waals surface area contributed by atoms with E-state index < -0.39 is 0 Å². The van der Waals surface area contributed by atoms with Gasteiger partial charge in [0.25, 0.3) is 0 Å². The number of aliphatic hydroxyl groups is 1. The van der Waals surface area contributed by atoms with Gasteiger partial charge < -0.3 is 10.8 Å². The van der Waals surface area contributed by atoms with E-state index in [1.54, 1.807) is 0 Å². The minimum atomic E-state index is -0.341. The molecule has 1 rings (SSSR count). The molecular weight excluding hydrogens is 214 g/mol. The number of carbonyl (C=O) groups is 1. The monoisotopic (exact) mass is 233 g/mol. The van der Waals surface area contributed by atoms with Gasteiger partial charge in [0.2, 0.25) is 5.91 Å². The standard InChI is InChI=1S/C14H19NO2/c1-10-5-3-4-6-12(10)13(7-8-16)11(2)9-14(15)17/h3-6,16H,7-9H2,1-2H3,(H2,15,17)/b13-11+. The number of aliphatic hydroxyl groups excluding tert-OH is 1. The second kappa shape index (κ2) is 6.21. The lowest BCUT2D eigenvalue weighted by molar-refractivity contribution is -0.117. The molecule has 0 atom stereocenters. The van der Waals surface area contributed by atoms with Gasteiger partial charge in [0.15, 0.2) is 0 Å². The number of primary amides is 1. The molecule has 0 radical (unpaired) electrons. The molecule has 0 bridgehead atoms. The molecule has 0 heterocycles. The van der Waals surface area contributed by atoms with Gasteiger partial charge in [-0.3, -0.25) is 4.79 Å². The van der Waals surface area contributed by atoms with E-state index in [4.69, 9.17) is 10.8 Å². The maximum absolute atomic E-state index is 11.0. The summed E-state index contributed by atoms with van der Waals surface area (Å²) in [5, 5.41) is 9.12. The van der Waals surface area contributed by atoms with Crippen LogP contribution in [0.3, 0.4) is 0 Å². The number of hydrogen-bond acceptors (Lipinski definition) is 2. The zero-order valence-corrected chi connectivity index (χ0v) is 10.4. The number of benzene rings is 1. The summed E-state index contributed by atoms with van der Waals surface area (Å²) in [5.41, 5.74) is 9.38. The molecule has 0 aromatic heterocycles. The molecule has 3 nitrogen and oxygen atoms in total. The highest BCUT2D eigenvalue weighted by Crippen LogP contribution is 2.26. The van der Waals surface area contributed by atoms with Crippen LogP contribution in [-0.4, -0.2) is 17.6 Å². The fourth-order valence-electron chi connectivity index (χ4n) is 1.97. The molecule has 0 fully saturated rings. The zero-order valence-electron chi connectivity index (χ0n) is 10.4. The van der Waals surface area contributed by atoms with Crippen molar-refractivity contribution in [2.45, 2.75) is 26.7 Å². The van der Waals surface area contributed by atoms with Crippen LogP contribution >= 0.6 is 0 Å². The molecule has 17 heavy (non-hydrogen) atoms. The molecule has 3 N–H and O–H groups in total. The normalized spacial score (nSPS) is 12.2. The van der Waals surface area contributed by atoms with Gasteiger partial charge in [0.05, 0.1) is 0 Å². The van der Waals surface area contributed by atoms with E-state index in [1.165, 1.54) is 0 Å². The van der Waals surface area contributed by atoms with Crippen LogP contribution in [0.25, 0.3) is 5.57 Å². The summed E-state index contributed by atoms with van der Waals surface area (Å²) in [6.45, 7) is 3.98. The molecule has 0 aliphatic rings. The number of aryl methyl sites for hydroxylation is 1. The molecule has 0 aliphatic heterocycles. The molecule has 0 saturated carbocycles. The van der Waals surface area contributed by atoms with Crippen LogP contribution in [-0.2, 0) is 4.79 Å². The summed E-state index contributed by atoms with van der Waals surface area (Å²) in [6, 6.07) is 7.95.